The highest BCUT2D eigenvalue weighted by Crippen LogP contribution is 2.27. The molecular formula is C18H18N6O3. The lowest BCUT2D eigenvalue weighted by atomic mass is 10.1. The lowest BCUT2D eigenvalue weighted by Gasteiger charge is -2.26. The second kappa shape index (κ2) is 6.60. The average Bonchev–Trinajstić information content (AvgIpc) is 3.08. The Bertz CT molecular complexity index is 999. The molecule has 0 radical (unpaired) electrons. The summed E-state index contributed by atoms with van der Waals surface area (Å²) in [6.45, 7) is 2.37. The minimum atomic E-state index is -1.02. The van der Waals surface area contributed by atoms with Crippen LogP contribution in [0.5, 0.6) is 5.88 Å². The molecule has 1 amide bonds. The Kier molecular flexibility index (Phi) is 4.11. The van der Waals surface area contributed by atoms with Gasteiger partial charge in [0.1, 0.15) is 5.82 Å². The van der Waals surface area contributed by atoms with Crippen molar-refractivity contribution in [1.82, 2.24) is 24.4 Å². The maximum atomic E-state index is 11.1. The molecule has 0 saturated carbocycles. The Balaban J connectivity index is 1.54. The van der Waals surface area contributed by atoms with E-state index in [4.69, 9.17) is 5.11 Å². The first-order chi connectivity index (χ1) is 13.0. The molecule has 1 aliphatic heterocycles. The van der Waals surface area contributed by atoms with Crippen LogP contribution >= 0.6 is 0 Å². The van der Waals surface area contributed by atoms with Crippen LogP contribution in [0, 0.1) is 6.92 Å². The third-order valence-electron chi connectivity index (χ3n) is 4.54. The van der Waals surface area contributed by atoms with Crippen LogP contribution in [0.4, 0.5) is 16.4 Å². The molecule has 3 heterocycles. The maximum Gasteiger partial charge on any atom is 0.407 e. The Morgan fingerprint density at radius 1 is 1.22 bits per heavy atom. The third-order valence-corrected chi connectivity index (χ3v) is 4.54. The molecule has 27 heavy (non-hydrogen) atoms. The zero-order chi connectivity index (χ0) is 19.0. The summed E-state index contributed by atoms with van der Waals surface area (Å²) in [5, 5.41) is 22.4. The van der Waals surface area contributed by atoms with Crippen molar-refractivity contribution in [3.8, 4) is 11.6 Å². The number of anilines is 2. The predicted molar refractivity (Wildman–Crippen MR) is 97.4 cm³/mol. The van der Waals surface area contributed by atoms with E-state index in [1.165, 1.54) is 4.90 Å². The maximum absolute atomic E-state index is 11.1. The van der Waals surface area contributed by atoms with E-state index in [1.807, 2.05) is 42.0 Å². The van der Waals surface area contributed by atoms with Crippen LogP contribution in [0.2, 0.25) is 0 Å². The number of aromatic nitrogens is 4. The van der Waals surface area contributed by atoms with Crippen molar-refractivity contribution in [3.05, 3.63) is 53.7 Å². The summed E-state index contributed by atoms with van der Waals surface area (Å²) in [7, 11) is 0. The number of imidazole rings is 1. The molecule has 9 nitrogen and oxygen atoms in total. The fourth-order valence-corrected chi connectivity index (χ4v) is 3.10. The number of hydrogen-bond acceptors (Lipinski definition) is 6. The molecule has 4 rings (SSSR count). The molecule has 3 aromatic rings. The van der Waals surface area contributed by atoms with Crippen molar-refractivity contribution < 1.29 is 15.0 Å². The number of carbonyl (C=O) groups is 1. The molecule has 1 aromatic carbocycles. The van der Waals surface area contributed by atoms with E-state index in [-0.39, 0.29) is 18.4 Å². The molecule has 0 unspecified atom stereocenters. The Morgan fingerprint density at radius 2 is 2.00 bits per heavy atom. The first kappa shape index (κ1) is 16.8. The van der Waals surface area contributed by atoms with Crippen molar-refractivity contribution >= 4 is 17.7 Å². The quantitative estimate of drug-likeness (QED) is 0.652. The summed E-state index contributed by atoms with van der Waals surface area (Å²) in [6, 6.07) is 7.67. The highest BCUT2D eigenvalue weighted by Gasteiger charge is 2.25. The summed E-state index contributed by atoms with van der Waals surface area (Å²) >= 11 is 0. The van der Waals surface area contributed by atoms with Crippen LogP contribution in [0.1, 0.15) is 17.1 Å². The second-order valence-corrected chi connectivity index (χ2v) is 6.27. The van der Waals surface area contributed by atoms with Crippen LogP contribution in [-0.4, -0.2) is 47.3 Å². The highest BCUT2D eigenvalue weighted by atomic mass is 16.4. The number of amides is 1. The van der Waals surface area contributed by atoms with Crippen molar-refractivity contribution in [3.63, 3.8) is 0 Å². The minimum absolute atomic E-state index is 0.0930. The molecule has 0 atom stereocenters. The van der Waals surface area contributed by atoms with E-state index in [9.17, 15) is 9.90 Å². The van der Waals surface area contributed by atoms with Gasteiger partial charge in [-0.2, -0.15) is 4.98 Å². The van der Waals surface area contributed by atoms with Gasteiger partial charge in [0.05, 0.1) is 17.8 Å². The van der Waals surface area contributed by atoms with Gasteiger partial charge < -0.3 is 25.0 Å². The number of hydrogen-bond donors (Lipinski definition) is 3. The highest BCUT2D eigenvalue weighted by molar-refractivity contribution is 5.66. The molecule has 9 heteroatoms. The molecule has 0 spiro atoms. The van der Waals surface area contributed by atoms with Gasteiger partial charge in [-0.15, -0.1) is 0 Å². The molecule has 3 N–H and O–H groups in total. The summed E-state index contributed by atoms with van der Waals surface area (Å²) in [6.07, 6.45) is 3.06. The van der Waals surface area contributed by atoms with Gasteiger partial charge in [0, 0.05) is 36.7 Å². The fraction of sp³-hybridized carbons (Fsp3) is 0.222. The van der Waals surface area contributed by atoms with E-state index >= 15 is 0 Å². The number of rotatable bonds is 3. The number of benzene rings is 1. The van der Waals surface area contributed by atoms with Crippen molar-refractivity contribution in [2.45, 2.75) is 19.9 Å². The van der Waals surface area contributed by atoms with Gasteiger partial charge in [-0.05, 0) is 31.2 Å². The van der Waals surface area contributed by atoms with Crippen LogP contribution in [0.15, 0.2) is 36.7 Å². The van der Waals surface area contributed by atoms with E-state index in [0.717, 1.165) is 17.2 Å². The minimum Gasteiger partial charge on any atom is -0.493 e. The molecule has 0 fully saturated rings. The predicted octanol–water partition coefficient (Wildman–Crippen LogP) is 2.46. The Hall–Kier alpha value is -3.62. The van der Waals surface area contributed by atoms with Crippen molar-refractivity contribution in [2.24, 2.45) is 0 Å². The number of nitrogens with zero attached hydrogens (tertiary/aromatic N) is 5. The van der Waals surface area contributed by atoms with Crippen LogP contribution in [0.3, 0.4) is 0 Å². The van der Waals surface area contributed by atoms with Crippen LogP contribution < -0.4 is 5.32 Å². The molecule has 2 aromatic heterocycles. The summed E-state index contributed by atoms with van der Waals surface area (Å²) < 4.78 is 1.97. The average molecular weight is 366 g/mol. The third kappa shape index (κ3) is 3.26. The standard InChI is InChI=1S/C18H18N6O3/c1-11-19-7-9-24(11)13-4-2-12(3-5-13)20-17-21-15-6-8-23(18(26)27)10-14(15)16(25)22-17/h2-5,7,9H,6,8,10H2,1H3,(H,26,27)(H2,20,21,22,25). The van der Waals surface area contributed by atoms with Gasteiger partial charge in [0.25, 0.3) is 0 Å². The van der Waals surface area contributed by atoms with Crippen molar-refractivity contribution in [2.75, 3.05) is 11.9 Å². The van der Waals surface area contributed by atoms with Gasteiger partial charge in [-0.25, -0.2) is 14.8 Å². The van der Waals surface area contributed by atoms with E-state index < -0.39 is 6.09 Å². The topological polar surface area (TPSA) is 116 Å². The molecule has 0 aliphatic carbocycles. The van der Waals surface area contributed by atoms with E-state index in [0.29, 0.717) is 24.2 Å². The number of nitrogens with one attached hydrogen (secondary N) is 1. The Labute approximate surface area is 155 Å². The smallest absolute Gasteiger partial charge is 0.407 e. The van der Waals surface area contributed by atoms with Crippen LogP contribution in [-0.2, 0) is 13.0 Å². The molecular weight excluding hydrogens is 348 g/mol. The monoisotopic (exact) mass is 366 g/mol. The lowest BCUT2D eigenvalue weighted by Crippen LogP contribution is -2.35. The largest absolute Gasteiger partial charge is 0.493 e. The fourth-order valence-electron chi connectivity index (χ4n) is 3.10. The summed E-state index contributed by atoms with van der Waals surface area (Å²) in [4.78, 5) is 25.0. The second-order valence-electron chi connectivity index (χ2n) is 6.27. The SMILES string of the molecule is Cc1nccn1-c1ccc(Nc2nc(O)c3c(n2)CCN(C(=O)O)C3)cc1. The summed E-state index contributed by atoms with van der Waals surface area (Å²) in [5.41, 5.74) is 2.88. The molecule has 0 bridgehead atoms. The number of fused-ring (bicyclic) bond motifs is 1. The first-order valence-corrected chi connectivity index (χ1v) is 8.45. The molecule has 1 aliphatic rings. The van der Waals surface area contributed by atoms with E-state index in [2.05, 4.69) is 20.3 Å². The number of aromatic hydroxyl groups is 1. The van der Waals surface area contributed by atoms with Gasteiger partial charge in [-0.3, -0.25) is 0 Å². The van der Waals surface area contributed by atoms with Gasteiger partial charge in [-0.1, -0.05) is 0 Å². The number of aryl methyl sites for hydroxylation is 1. The zero-order valence-corrected chi connectivity index (χ0v) is 14.6. The van der Waals surface area contributed by atoms with Crippen molar-refractivity contribution in [1.29, 1.82) is 0 Å². The van der Waals surface area contributed by atoms with E-state index in [1.54, 1.807) is 6.20 Å². The Morgan fingerprint density at radius 3 is 2.67 bits per heavy atom. The molecule has 138 valence electrons. The van der Waals surface area contributed by atoms with Gasteiger partial charge >= 0.3 is 6.09 Å². The van der Waals surface area contributed by atoms with Gasteiger partial charge in [0.15, 0.2) is 0 Å². The summed E-state index contributed by atoms with van der Waals surface area (Å²) in [5.74, 6) is 0.981. The zero-order valence-electron chi connectivity index (χ0n) is 14.6. The lowest BCUT2D eigenvalue weighted by molar-refractivity contribution is 0.139. The first-order valence-electron chi connectivity index (χ1n) is 8.45. The normalized spacial score (nSPS) is 13.3. The van der Waals surface area contributed by atoms with Gasteiger partial charge in [0.2, 0.25) is 11.8 Å². The number of carboxylic acid groups (broad SMARTS) is 1. The van der Waals surface area contributed by atoms with Crippen LogP contribution in [0.25, 0.3) is 5.69 Å². The molecule has 0 saturated heterocycles.